The molecule has 0 fully saturated rings. The summed E-state index contributed by atoms with van der Waals surface area (Å²) >= 11 is 0. The molecule has 5 nitrogen and oxygen atoms in total. The molecule has 1 aromatic heterocycles. The van der Waals surface area contributed by atoms with E-state index in [1.807, 2.05) is 27.7 Å². The average molecular weight is 359 g/mol. The summed E-state index contributed by atoms with van der Waals surface area (Å²) in [6, 6.07) is 8.22. The van der Waals surface area contributed by atoms with Crippen molar-refractivity contribution in [2.24, 2.45) is 0 Å². The first-order chi connectivity index (χ1) is 12.3. The number of carbonyl (C=O) groups is 2. The zero-order valence-electron chi connectivity index (χ0n) is 16.0. The van der Waals surface area contributed by atoms with E-state index >= 15 is 0 Å². The molecule has 1 aromatic carbocycles. The van der Waals surface area contributed by atoms with Crippen LogP contribution in [0.2, 0.25) is 0 Å². The van der Waals surface area contributed by atoms with Crippen molar-refractivity contribution < 1.29 is 14.0 Å². The molecule has 2 rings (SSSR count). The molecule has 0 unspecified atom stereocenters. The molecule has 0 saturated heterocycles. The van der Waals surface area contributed by atoms with Crippen LogP contribution in [0.25, 0.3) is 5.69 Å². The molecule has 0 bridgehead atoms. The van der Waals surface area contributed by atoms with Crippen LogP contribution < -0.4 is 5.32 Å². The second kappa shape index (κ2) is 8.17. The number of carbonyl (C=O) groups excluding carboxylic acids is 2. The fourth-order valence-corrected chi connectivity index (χ4v) is 3.02. The predicted molar refractivity (Wildman–Crippen MR) is 100 cm³/mol. The van der Waals surface area contributed by atoms with Crippen molar-refractivity contribution in [2.75, 3.05) is 13.1 Å². The minimum Gasteiger partial charge on any atom is -0.352 e. The van der Waals surface area contributed by atoms with E-state index in [-0.39, 0.29) is 30.2 Å². The third-order valence-electron chi connectivity index (χ3n) is 4.21. The van der Waals surface area contributed by atoms with Gasteiger partial charge >= 0.3 is 0 Å². The smallest absolute Gasteiger partial charge is 0.256 e. The van der Waals surface area contributed by atoms with Crippen LogP contribution in [-0.4, -0.2) is 40.4 Å². The summed E-state index contributed by atoms with van der Waals surface area (Å²) < 4.78 is 15.9. The molecule has 2 aromatic rings. The van der Waals surface area contributed by atoms with Gasteiger partial charge in [0.2, 0.25) is 5.91 Å². The number of hydrogen-bond acceptors (Lipinski definition) is 2. The van der Waals surface area contributed by atoms with Crippen molar-refractivity contribution in [2.45, 2.75) is 40.7 Å². The number of halogens is 1. The number of amides is 2. The molecular formula is C20H26FN3O2. The summed E-state index contributed by atoms with van der Waals surface area (Å²) in [5.41, 5.74) is 2.30. The largest absolute Gasteiger partial charge is 0.352 e. The number of likely N-dealkylation sites (N-methyl/N-ethyl adjacent to an activating group) is 1. The minimum atomic E-state index is -0.350. The highest BCUT2D eigenvalue weighted by Gasteiger charge is 2.23. The van der Waals surface area contributed by atoms with Crippen LogP contribution in [0.3, 0.4) is 0 Å². The molecule has 0 saturated carbocycles. The van der Waals surface area contributed by atoms with E-state index in [4.69, 9.17) is 0 Å². The van der Waals surface area contributed by atoms with Gasteiger partial charge in [-0.3, -0.25) is 9.59 Å². The van der Waals surface area contributed by atoms with Gasteiger partial charge in [-0.05, 0) is 52.8 Å². The molecule has 1 heterocycles. The monoisotopic (exact) mass is 359 g/mol. The van der Waals surface area contributed by atoms with Crippen LogP contribution in [0, 0.1) is 19.7 Å². The standard InChI is InChI=1S/C20H26FN3O2/c1-6-23(12-19(25)22-13(2)3)20(26)16-11-14(4)24(15(16)5)18-10-8-7-9-17(18)21/h7-11,13H,6,12H2,1-5H3,(H,22,25). The van der Waals surface area contributed by atoms with Crippen molar-refractivity contribution in [3.05, 3.63) is 53.1 Å². The van der Waals surface area contributed by atoms with Gasteiger partial charge in [-0.25, -0.2) is 4.39 Å². The SMILES string of the molecule is CCN(CC(=O)NC(C)C)C(=O)c1cc(C)n(-c2ccccc2F)c1C. The number of nitrogens with one attached hydrogen (secondary N) is 1. The highest BCUT2D eigenvalue weighted by molar-refractivity contribution is 5.98. The van der Waals surface area contributed by atoms with Gasteiger partial charge < -0.3 is 14.8 Å². The van der Waals surface area contributed by atoms with Gasteiger partial charge in [0.15, 0.2) is 0 Å². The molecule has 1 N–H and O–H groups in total. The first-order valence-corrected chi connectivity index (χ1v) is 8.78. The second-order valence-corrected chi connectivity index (χ2v) is 6.61. The number of aryl methyl sites for hydroxylation is 1. The number of para-hydroxylation sites is 1. The Morgan fingerprint density at radius 1 is 1.23 bits per heavy atom. The summed E-state index contributed by atoms with van der Waals surface area (Å²) in [6.07, 6.45) is 0. The maximum atomic E-state index is 14.2. The van der Waals surface area contributed by atoms with Gasteiger partial charge in [-0.15, -0.1) is 0 Å². The Labute approximate surface area is 153 Å². The maximum Gasteiger partial charge on any atom is 0.256 e. The first-order valence-electron chi connectivity index (χ1n) is 8.78. The highest BCUT2D eigenvalue weighted by atomic mass is 19.1. The lowest BCUT2D eigenvalue weighted by molar-refractivity contribution is -0.122. The molecule has 2 amide bonds. The number of aromatic nitrogens is 1. The molecular weight excluding hydrogens is 333 g/mol. The van der Waals surface area contributed by atoms with Crippen molar-refractivity contribution in [1.82, 2.24) is 14.8 Å². The van der Waals surface area contributed by atoms with Gasteiger partial charge in [0.05, 0.1) is 17.8 Å². The zero-order chi connectivity index (χ0) is 19.4. The summed E-state index contributed by atoms with van der Waals surface area (Å²) in [5, 5.41) is 2.79. The van der Waals surface area contributed by atoms with Gasteiger partial charge in [-0.2, -0.15) is 0 Å². The van der Waals surface area contributed by atoms with Crippen molar-refractivity contribution in [1.29, 1.82) is 0 Å². The van der Waals surface area contributed by atoms with Gasteiger partial charge in [0.25, 0.3) is 5.91 Å². The number of rotatable bonds is 6. The van der Waals surface area contributed by atoms with E-state index in [1.54, 1.807) is 35.8 Å². The van der Waals surface area contributed by atoms with Gasteiger partial charge in [0.1, 0.15) is 5.82 Å². The van der Waals surface area contributed by atoms with Crippen LogP contribution in [0.1, 0.15) is 42.5 Å². The molecule has 6 heteroatoms. The molecule has 140 valence electrons. The predicted octanol–water partition coefficient (Wildman–Crippen LogP) is 3.22. The van der Waals surface area contributed by atoms with Crippen LogP contribution in [0.15, 0.2) is 30.3 Å². The second-order valence-electron chi connectivity index (χ2n) is 6.61. The van der Waals surface area contributed by atoms with Crippen LogP contribution in [0.4, 0.5) is 4.39 Å². The normalized spacial score (nSPS) is 10.9. The molecule has 0 aliphatic heterocycles. The van der Waals surface area contributed by atoms with Gasteiger partial charge in [0, 0.05) is 24.0 Å². The van der Waals surface area contributed by atoms with E-state index in [0.29, 0.717) is 23.5 Å². The third kappa shape index (κ3) is 4.12. The fourth-order valence-electron chi connectivity index (χ4n) is 3.02. The third-order valence-corrected chi connectivity index (χ3v) is 4.21. The number of hydrogen-bond donors (Lipinski definition) is 1. The average Bonchev–Trinajstić information content (AvgIpc) is 2.86. The maximum absolute atomic E-state index is 14.2. The Morgan fingerprint density at radius 2 is 1.88 bits per heavy atom. The summed E-state index contributed by atoms with van der Waals surface area (Å²) in [7, 11) is 0. The molecule has 26 heavy (non-hydrogen) atoms. The van der Waals surface area contributed by atoms with Crippen LogP contribution >= 0.6 is 0 Å². The molecule has 0 spiro atoms. The highest BCUT2D eigenvalue weighted by Crippen LogP contribution is 2.23. The van der Waals surface area contributed by atoms with Crippen LogP contribution in [0.5, 0.6) is 0 Å². The van der Waals surface area contributed by atoms with Crippen molar-refractivity contribution in [3.63, 3.8) is 0 Å². The van der Waals surface area contributed by atoms with Crippen molar-refractivity contribution in [3.8, 4) is 5.69 Å². The lowest BCUT2D eigenvalue weighted by atomic mass is 10.2. The Kier molecular flexibility index (Phi) is 6.18. The zero-order valence-corrected chi connectivity index (χ0v) is 16.0. The summed E-state index contributed by atoms with van der Waals surface area (Å²) in [5.74, 6) is -0.780. The van der Waals surface area contributed by atoms with Gasteiger partial charge in [-0.1, -0.05) is 12.1 Å². The minimum absolute atomic E-state index is 0.00310. The molecule has 0 radical (unpaired) electrons. The number of nitrogens with zero attached hydrogens (tertiary/aromatic N) is 2. The number of benzene rings is 1. The van der Waals surface area contributed by atoms with E-state index in [9.17, 15) is 14.0 Å². The first kappa shape index (κ1) is 19.7. The van der Waals surface area contributed by atoms with E-state index < -0.39 is 0 Å². The van der Waals surface area contributed by atoms with E-state index in [2.05, 4.69) is 5.32 Å². The summed E-state index contributed by atoms with van der Waals surface area (Å²) in [4.78, 5) is 26.5. The Morgan fingerprint density at radius 3 is 2.46 bits per heavy atom. The topological polar surface area (TPSA) is 54.3 Å². The lowest BCUT2D eigenvalue weighted by Crippen LogP contribution is -2.42. The Hall–Kier alpha value is -2.63. The molecule has 0 atom stereocenters. The Balaban J connectivity index is 2.34. The summed E-state index contributed by atoms with van der Waals surface area (Å²) in [6.45, 7) is 9.60. The molecule has 0 aliphatic carbocycles. The lowest BCUT2D eigenvalue weighted by Gasteiger charge is -2.21. The van der Waals surface area contributed by atoms with Crippen LogP contribution in [-0.2, 0) is 4.79 Å². The fraction of sp³-hybridized carbons (Fsp3) is 0.400. The van der Waals surface area contributed by atoms with Crippen molar-refractivity contribution >= 4 is 11.8 Å². The molecule has 0 aliphatic rings. The van der Waals surface area contributed by atoms with E-state index in [0.717, 1.165) is 5.69 Å². The quantitative estimate of drug-likeness (QED) is 0.861. The Bertz CT molecular complexity index is 811. The van der Waals surface area contributed by atoms with E-state index in [1.165, 1.54) is 11.0 Å².